The van der Waals surface area contributed by atoms with Crippen LogP contribution < -0.4 is 0 Å². The lowest BCUT2D eigenvalue weighted by Crippen LogP contribution is -2.30. The highest BCUT2D eigenvalue weighted by atomic mass is 32.2. The molecule has 1 atom stereocenters. The Morgan fingerprint density at radius 3 is 2.33 bits per heavy atom. The number of hydrogen-bond donors (Lipinski definition) is 1. The molecule has 0 bridgehead atoms. The van der Waals surface area contributed by atoms with E-state index in [0.717, 1.165) is 12.8 Å². The van der Waals surface area contributed by atoms with Gasteiger partial charge in [-0.25, -0.2) is 0 Å². The van der Waals surface area contributed by atoms with Crippen LogP contribution in [0.3, 0.4) is 0 Å². The monoisotopic (exact) mass is 242 g/mol. The molecule has 0 heterocycles. The summed E-state index contributed by atoms with van der Waals surface area (Å²) in [6, 6.07) is 0. The minimum atomic E-state index is -4.26. The normalized spacial score (nSPS) is 21.1. The maximum atomic E-state index is 11.9. The van der Waals surface area contributed by atoms with Crippen LogP contribution in [0.5, 0.6) is 0 Å². The third-order valence-electron chi connectivity index (χ3n) is 2.85. The molecule has 0 amide bonds. The Morgan fingerprint density at radius 2 is 2.00 bits per heavy atom. The molecule has 1 N–H and O–H groups in total. The Hall–Kier alpha value is -0.390. The van der Waals surface area contributed by atoms with Gasteiger partial charge in [0.2, 0.25) is 0 Å². The molecule has 6 heteroatoms. The van der Waals surface area contributed by atoms with E-state index in [9.17, 15) is 18.0 Å². The maximum absolute atomic E-state index is 11.9. The van der Waals surface area contributed by atoms with Crippen LogP contribution in [-0.2, 0) is 4.79 Å². The molecule has 1 saturated carbocycles. The second kappa shape index (κ2) is 4.23. The van der Waals surface area contributed by atoms with Crippen molar-refractivity contribution in [1.29, 1.82) is 0 Å². The van der Waals surface area contributed by atoms with Crippen LogP contribution in [0, 0.1) is 11.3 Å². The Kier molecular flexibility index (Phi) is 3.58. The fourth-order valence-corrected chi connectivity index (χ4v) is 2.34. The lowest BCUT2D eigenvalue weighted by atomic mass is 9.82. The predicted molar refractivity (Wildman–Crippen MR) is 51.6 cm³/mol. The molecule has 0 aromatic heterocycles. The Balaban J connectivity index is 2.43. The van der Waals surface area contributed by atoms with Crippen molar-refractivity contribution in [1.82, 2.24) is 0 Å². The molecule has 0 aromatic rings. The van der Waals surface area contributed by atoms with Crippen molar-refractivity contribution in [2.45, 2.75) is 31.7 Å². The second-order valence-corrected chi connectivity index (χ2v) is 5.20. The number of rotatable bonds is 5. The van der Waals surface area contributed by atoms with Crippen molar-refractivity contribution < 1.29 is 23.1 Å². The third-order valence-corrected chi connectivity index (χ3v) is 3.59. The van der Waals surface area contributed by atoms with Gasteiger partial charge in [-0.3, -0.25) is 4.79 Å². The largest absolute Gasteiger partial charge is 0.481 e. The summed E-state index contributed by atoms with van der Waals surface area (Å²) in [5, 5.41) is 8.98. The summed E-state index contributed by atoms with van der Waals surface area (Å²) in [4.78, 5) is 11.0. The van der Waals surface area contributed by atoms with E-state index in [1.165, 1.54) is 0 Å². The molecule has 0 saturated heterocycles. The summed E-state index contributed by atoms with van der Waals surface area (Å²) in [5.41, 5.74) is -5.23. The van der Waals surface area contributed by atoms with Gasteiger partial charge >= 0.3 is 11.5 Å². The number of carboxylic acid groups (broad SMARTS) is 1. The van der Waals surface area contributed by atoms with Gasteiger partial charge in [-0.15, -0.1) is 0 Å². The Bertz CT molecular complexity index is 250. The van der Waals surface area contributed by atoms with Crippen molar-refractivity contribution in [2.75, 3.05) is 5.75 Å². The zero-order valence-electron chi connectivity index (χ0n) is 8.30. The number of halogens is 3. The predicted octanol–water partition coefficient (Wildman–Crippen LogP) is 3.13. The van der Waals surface area contributed by atoms with Gasteiger partial charge in [0.15, 0.2) is 0 Å². The van der Waals surface area contributed by atoms with Gasteiger partial charge in [0.25, 0.3) is 0 Å². The van der Waals surface area contributed by atoms with Crippen molar-refractivity contribution >= 4 is 17.7 Å². The minimum Gasteiger partial charge on any atom is -0.481 e. The summed E-state index contributed by atoms with van der Waals surface area (Å²) < 4.78 is 35.6. The van der Waals surface area contributed by atoms with Crippen LogP contribution in [0.15, 0.2) is 0 Å². The van der Waals surface area contributed by atoms with Crippen molar-refractivity contribution in [3.63, 3.8) is 0 Å². The van der Waals surface area contributed by atoms with E-state index in [4.69, 9.17) is 5.11 Å². The third kappa shape index (κ3) is 3.59. The lowest BCUT2D eigenvalue weighted by Gasteiger charge is -2.24. The highest BCUT2D eigenvalue weighted by Crippen LogP contribution is 2.48. The zero-order valence-corrected chi connectivity index (χ0v) is 9.12. The standard InChI is InChI=1S/C9H13F3O2S/c1-8(7(13)14,6-2-3-6)4-5-15-9(10,11)12/h6H,2-5H2,1H3,(H,13,14). The SMILES string of the molecule is CC(CCSC(F)(F)F)(C(=O)O)C1CC1. The van der Waals surface area contributed by atoms with E-state index in [2.05, 4.69) is 0 Å². The van der Waals surface area contributed by atoms with Gasteiger partial charge in [0.1, 0.15) is 0 Å². The summed E-state index contributed by atoms with van der Waals surface area (Å²) in [7, 11) is 0. The minimum absolute atomic E-state index is 0.0591. The molecule has 1 rings (SSSR count). The summed E-state index contributed by atoms with van der Waals surface area (Å²) in [6.07, 6.45) is 1.72. The van der Waals surface area contributed by atoms with Crippen LogP contribution in [0.4, 0.5) is 13.2 Å². The van der Waals surface area contributed by atoms with E-state index in [-0.39, 0.29) is 29.9 Å². The Labute approximate surface area is 90.2 Å². The zero-order chi connectivity index (χ0) is 11.7. The molecule has 0 spiro atoms. The molecule has 0 radical (unpaired) electrons. The van der Waals surface area contributed by atoms with E-state index >= 15 is 0 Å². The second-order valence-electron chi connectivity index (χ2n) is 4.04. The van der Waals surface area contributed by atoms with Crippen molar-refractivity contribution in [3.8, 4) is 0 Å². The number of alkyl halides is 3. The van der Waals surface area contributed by atoms with Crippen molar-refractivity contribution in [2.24, 2.45) is 11.3 Å². The fourth-order valence-electron chi connectivity index (χ4n) is 1.58. The average molecular weight is 242 g/mol. The maximum Gasteiger partial charge on any atom is 0.441 e. The molecule has 0 aliphatic heterocycles. The first-order valence-electron chi connectivity index (χ1n) is 4.70. The highest BCUT2D eigenvalue weighted by Gasteiger charge is 2.47. The quantitative estimate of drug-likeness (QED) is 0.804. The molecule has 0 aromatic carbocycles. The van der Waals surface area contributed by atoms with Gasteiger partial charge in [0.05, 0.1) is 5.41 Å². The number of carboxylic acids is 1. The first kappa shape index (κ1) is 12.7. The van der Waals surface area contributed by atoms with E-state index < -0.39 is 16.9 Å². The van der Waals surface area contributed by atoms with Gasteiger partial charge in [0, 0.05) is 5.75 Å². The molecule has 15 heavy (non-hydrogen) atoms. The van der Waals surface area contributed by atoms with E-state index in [1.807, 2.05) is 0 Å². The van der Waals surface area contributed by atoms with Crippen LogP contribution in [0.1, 0.15) is 26.2 Å². The van der Waals surface area contributed by atoms with Gasteiger partial charge < -0.3 is 5.11 Å². The summed E-state index contributed by atoms with van der Waals surface area (Å²) in [5.74, 6) is -1.10. The molecule has 1 fully saturated rings. The molecule has 88 valence electrons. The summed E-state index contributed by atoms with van der Waals surface area (Å²) >= 11 is -0.140. The molecule has 1 aliphatic carbocycles. The molecule has 2 nitrogen and oxygen atoms in total. The molecular formula is C9H13F3O2S. The fraction of sp³-hybridized carbons (Fsp3) is 0.889. The van der Waals surface area contributed by atoms with Gasteiger partial charge in [-0.2, -0.15) is 13.2 Å². The molecule has 1 aliphatic rings. The Morgan fingerprint density at radius 1 is 1.47 bits per heavy atom. The number of hydrogen-bond acceptors (Lipinski definition) is 2. The first-order valence-corrected chi connectivity index (χ1v) is 5.68. The molecule has 1 unspecified atom stereocenters. The highest BCUT2D eigenvalue weighted by molar-refractivity contribution is 8.00. The van der Waals surface area contributed by atoms with Crippen LogP contribution in [0.25, 0.3) is 0 Å². The smallest absolute Gasteiger partial charge is 0.441 e. The number of aliphatic carboxylic acids is 1. The summed E-state index contributed by atoms with van der Waals surface area (Å²) in [6.45, 7) is 1.55. The average Bonchev–Trinajstić information content (AvgIpc) is 2.82. The number of carbonyl (C=O) groups is 1. The van der Waals surface area contributed by atoms with Gasteiger partial charge in [-0.05, 0) is 32.1 Å². The van der Waals surface area contributed by atoms with Gasteiger partial charge in [-0.1, -0.05) is 11.8 Å². The van der Waals surface area contributed by atoms with Crippen LogP contribution >= 0.6 is 11.8 Å². The first-order chi connectivity index (χ1) is 6.76. The van der Waals surface area contributed by atoms with E-state index in [0.29, 0.717) is 0 Å². The van der Waals surface area contributed by atoms with Crippen LogP contribution in [-0.4, -0.2) is 22.3 Å². The van der Waals surface area contributed by atoms with Crippen LogP contribution in [0.2, 0.25) is 0 Å². The lowest BCUT2D eigenvalue weighted by molar-refractivity contribution is -0.149. The topological polar surface area (TPSA) is 37.3 Å². The number of thioether (sulfide) groups is 1. The van der Waals surface area contributed by atoms with Crippen molar-refractivity contribution in [3.05, 3.63) is 0 Å². The molecular weight excluding hydrogens is 229 g/mol. The van der Waals surface area contributed by atoms with E-state index in [1.54, 1.807) is 6.92 Å².